The monoisotopic (exact) mass is 494 g/mol. The summed E-state index contributed by atoms with van der Waals surface area (Å²) in [5.41, 5.74) is -0.266. The Labute approximate surface area is 196 Å². The number of carbonyl (C=O) groups excluding carboxylic acids is 1. The number of ether oxygens (including phenoxy) is 1. The van der Waals surface area contributed by atoms with E-state index in [0.29, 0.717) is 25.1 Å². The highest BCUT2D eigenvalue weighted by Gasteiger charge is 2.35. The fraction of sp³-hybridized carbons (Fsp3) is 0.542. The molecule has 4 nitrogen and oxygen atoms in total. The molecule has 0 saturated heterocycles. The number of rotatable bonds is 12. The van der Waals surface area contributed by atoms with Crippen LogP contribution in [0, 0.1) is 5.92 Å². The summed E-state index contributed by atoms with van der Waals surface area (Å²) in [7, 11) is 1.58. The van der Waals surface area contributed by atoms with E-state index >= 15 is 0 Å². The lowest BCUT2D eigenvalue weighted by atomic mass is 10.0. The maximum absolute atomic E-state index is 12.9. The number of methoxy groups -OCH3 is 1. The van der Waals surface area contributed by atoms with Crippen LogP contribution in [0.5, 0.6) is 5.75 Å². The first kappa shape index (κ1) is 29.5. The second-order valence-electron chi connectivity index (χ2n) is 8.05. The highest BCUT2D eigenvalue weighted by atomic mass is 19.4. The average Bonchev–Trinajstić information content (AvgIpc) is 2.76. The SMILES string of the molecule is CCC(CCC(=O)NCC(=C/C(C)C(F)(F)F)/C=C(\C)C(F)(F)F)NCc1ccc(OC)cc1. The van der Waals surface area contributed by atoms with Crippen LogP contribution >= 0.6 is 0 Å². The Morgan fingerprint density at radius 1 is 1.12 bits per heavy atom. The van der Waals surface area contributed by atoms with Gasteiger partial charge in [0.1, 0.15) is 5.75 Å². The molecular weight excluding hydrogens is 462 g/mol. The third-order valence-corrected chi connectivity index (χ3v) is 5.29. The molecule has 0 radical (unpaired) electrons. The fourth-order valence-electron chi connectivity index (χ4n) is 2.98. The molecular formula is C24H32F6N2O2. The summed E-state index contributed by atoms with van der Waals surface area (Å²) >= 11 is 0. The topological polar surface area (TPSA) is 50.4 Å². The number of amides is 1. The van der Waals surface area contributed by atoms with Crippen LogP contribution < -0.4 is 15.4 Å². The third kappa shape index (κ3) is 11.1. The molecule has 34 heavy (non-hydrogen) atoms. The van der Waals surface area contributed by atoms with E-state index in [-0.39, 0.29) is 18.0 Å². The quantitative estimate of drug-likeness (QED) is 0.273. The minimum absolute atomic E-state index is 0.0143. The van der Waals surface area contributed by atoms with Gasteiger partial charge >= 0.3 is 12.4 Å². The van der Waals surface area contributed by atoms with Gasteiger partial charge in [-0.1, -0.05) is 32.1 Å². The van der Waals surface area contributed by atoms with Crippen molar-refractivity contribution < 1.29 is 35.9 Å². The number of allylic oxidation sites excluding steroid dienone is 2. The summed E-state index contributed by atoms with van der Waals surface area (Å²) in [6, 6.07) is 7.52. The van der Waals surface area contributed by atoms with Gasteiger partial charge in [0, 0.05) is 31.1 Å². The molecule has 0 spiro atoms. The van der Waals surface area contributed by atoms with Crippen molar-refractivity contribution in [3.8, 4) is 5.75 Å². The Hall–Kier alpha value is -2.49. The molecule has 1 aromatic rings. The summed E-state index contributed by atoms with van der Waals surface area (Å²) in [5.74, 6) is -1.66. The number of halogens is 6. The van der Waals surface area contributed by atoms with Crippen molar-refractivity contribution in [1.82, 2.24) is 10.6 Å². The molecule has 192 valence electrons. The van der Waals surface area contributed by atoms with Crippen molar-refractivity contribution in [1.29, 1.82) is 0 Å². The van der Waals surface area contributed by atoms with Gasteiger partial charge in [-0.2, -0.15) is 26.3 Å². The number of hydrogen-bond donors (Lipinski definition) is 2. The lowest BCUT2D eigenvalue weighted by molar-refractivity contribution is -0.156. The van der Waals surface area contributed by atoms with Gasteiger partial charge in [-0.05, 0) is 49.1 Å². The highest BCUT2D eigenvalue weighted by molar-refractivity contribution is 5.76. The van der Waals surface area contributed by atoms with Gasteiger partial charge < -0.3 is 15.4 Å². The molecule has 1 aromatic carbocycles. The molecule has 0 aromatic heterocycles. The van der Waals surface area contributed by atoms with Crippen LogP contribution in [0.4, 0.5) is 26.3 Å². The van der Waals surface area contributed by atoms with Crippen molar-refractivity contribution in [2.45, 2.75) is 65.0 Å². The first-order valence-electron chi connectivity index (χ1n) is 10.9. The first-order chi connectivity index (χ1) is 15.8. The van der Waals surface area contributed by atoms with Gasteiger partial charge in [0.25, 0.3) is 0 Å². The van der Waals surface area contributed by atoms with Gasteiger partial charge in [-0.25, -0.2) is 0 Å². The number of hydrogen-bond acceptors (Lipinski definition) is 3. The molecule has 10 heteroatoms. The largest absolute Gasteiger partial charge is 0.497 e. The van der Waals surface area contributed by atoms with Gasteiger partial charge in [0.2, 0.25) is 5.91 Å². The third-order valence-electron chi connectivity index (χ3n) is 5.29. The van der Waals surface area contributed by atoms with Gasteiger partial charge in [-0.15, -0.1) is 0 Å². The summed E-state index contributed by atoms with van der Waals surface area (Å²) in [6.07, 6.45) is -6.65. The standard InChI is InChI=1S/C24H32F6N2O2/c1-5-20(31-14-18-6-9-21(34-4)10-7-18)8-11-22(33)32-15-19(12-16(2)23(25,26)27)13-17(3)24(28,29)30/h6-7,9-10,12-13,16,20,31H,5,8,11,14-15H2,1-4H3,(H,32,33)/b17-13+,19-12+. The minimum atomic E-state index is -4.67. The zero-order chi connectivity index (χ0) is 25.9. The van der Waals surface area contributed by atoms with E-state index in [1.54, 1.807) is 7.11 Å². The molecule has 0 aliphatic rings. The molecule has 0 saturated carbocycles. The number of carbonyl (C=O) groups is 1. The second kappa shape index (κ2) is 13.4. The van der Waals surface area contributed by atoms with Gasteiger partial charge in [0.05, 0.1) is 13.0 Å². The van der Waals surface area contributed by atoms with Crippen LogP contribution in [0.15, 0.2) is 47.6 Å². The number of nitrogens with one attached hydrogen (secondary N) is 2. The zero-order valence-corrected chi connectivity index (χ0v) is 19.7. The molecule has 0 fully saturated rings. The van der Waals surface area contributed by atoms with E-state index in [2.05, 4.69) is 10.6 Å². The predicted molar refractivity (Wildman–Crippen MR) is 119 cm³/mol. The maximum Gasteiger partial charge on any atom is 0.412 e. The van der Waals surface area contributed by atoms with Crippen molar-refractivity contribution >= 4 is 5.91 Å². The van der Waals surface area contributed by atoms with Crippen molar-refractivity contribution in [3.63, 3.8) is 0 Å². The smallest absolute Gasteiger partial charge is 0.412 e. The van der Waals surface area contributed by atoms with E-state index in [1.165, 1.54) is 0 Å². The van der Waals surface area contributed by atoms with Crippen molar-refractivity contribution in [2.75, 3.05) is 13.7 Å². The normalized spacial score (nSPS) is 15.1. The Bertz CT molecular complexity index is 829. The molecule has 2 N–H and O–H groups in total. The fourth-order valence-corrected chi connectivity index (χ4v) is 2.98. The molecule has 2 unspecified atom stereocenters. The number of alkyl halides is 6. The Morgan fingerprint density at radius 2 is 1.74 bits per heavy atom. The van der Waals surface area contributed by atoms with Crippen molar-refractivity contribution in [2.24, 2.45) is 5.92 Å². The second-order valence-corrected chi connectivity index (χ2v) is 8.05. The van der Waals surface area contributed by atoms with Crippen LogP contribution in [0.3, 0.4) is 0 Å². The highest BCUT2D eigenvalue weighted by Crippen LogP contribution is 2.30. The summed E-state index contributed by atoms with van der Waals surface area (Å²) in [6.45, 7) is 3.72. The Balaban J connectivity index is 2.67. The van der Waals surface area contributed by atoms with E-state index in [1.807, 2.05) is 31.2 Å². The summed E-state index contributed by atoms with van der Waals surface area (Å²) in [5, 5.41) is 5.77. The molecule has 1 amide bonds. The van der Waals surface area contributed by atoms with E-state index in [4.69, 9.17) is 4.74 Å². The zero-order valence-electron chi connectivity index (χ0n) is 19.7. The van der Waals surface area contributed by atoms with E-state index in [9.17, 15) is 31.1 Å². The molecule has 0 heterocycles. The number of benzene rings is 1. The summed E-state index contributed by atoms with van der Waals surface area (Å²) in [4.78, 5) is 12.2. The van der Waals surface area contributed by atoms with Crippen LogP contribution in [-0.4, -0.2) is 38.0 Å². The van der Waals surface area contributed by atoms with Crippen molar-refractivity contribution in [3.05, 3.63) is 53.1 Å². The van der Waals surface area contributed by atoms with Crippen LogP contribution in [0.25, 0.3) is 0 Å². The lowest BCUT2D eigenvalue weighted by Gasteiger charge is -2.18. The minimum Gasteiger partial charge on any atom is -0.497 e. The lowest BCUT2D eigenvalue weighted by Crippen LogP contribution is -2.31. The van der Waals surface area contributed by atoms with Crippen LogP contribution in [0.1, 0.15) is 45.6 Å². The predicted octanol–water partition coefficient (Wildman–Crippen LogP) is 6.09. The molecule has 0 aliphatic carbocycles. The maximum atomic E-state index is 12.9. The van der Waals surface area contributed by atoms with E-state index < -0.39 is 36.3 Å². The summed E-state index contributed by atoms with van der Waals surface area (Å²) < 4.78 is 82.3. The van der Waals surface area contributed by atoms with E-state index in [0.717, 1.165) is 31.6 Å². The average molecular weight is 495 g/mol. The van der Waals surface area contributed by atoms with Gasteiger partial charge in [-0.3, -0.25) is 4.79 Å². The van der Waals surface area contributed by atoms with Crippen LogP contribution in [-0.2, 0) is 11.3 Å². The Morgan fingerprint density at radius 3 is 2.24 bits per heavy atom. The first-order valence-corrected chi connectivity index (χ1v) is 10.9. The molecule has 2 atom stereocenters. The molecule has 1 rings (SSSR count). The molecule has 0 bridgehead atoms. The molecule has 0 aliphatic heterocycles. The van der Waals surface area contributed by atoms with Gasteiger partial charge in [0.15, 0.2) is 0 Å². The van der Waals surface area contributed by atoms with Crippen LogP contribution in [0.2, 0.25) is 0 Å². The Kier molecular flexibility index (Phi) is 11.7.